The van der Waals surface area contributed by atoms with E-state index in [4.69, 9.17) is 6.58 Å². The van der Waals surface area contributed by atoms with Gasteiger partial charge < -0.3 is 6.58 Å². The summed E-state index contributed by atoms with van der Waals surface area (Å²) in [6, 6.07) is 10.7. The minimum atomic E-state index is 0. The van der Waals surface area contributed by atoms with Gasteiger partial charge in [-0.05, 0) is 18.4 Å². The van der Waals surface area contributed by atoms with Crippen LogP contribution in [-0.4, -0.2) is 0 Å². The molecule has 0 heterocycles. The average Bonchev–Trinajstić information content (AvgIpc) is 2.25. The maximum absolute atomic E-state index is 5.31. The van der Waals surface area contributed by atoms with Crippen molar-refractivity contribution in [3.63, 3.8) is 0 Å². The van der Waals surface area contributed by atoms with Gasteiger partial charge in [-0.3, -0.25) is 6.08 Å². The summed E-state index contributed by atoms with van der Waals surface area (Å²) in [6.45, 7) is 5.31. The van der Waals surface area contributed by atoms with E-state index in [2.05, 4.69) is 30.3 Å². The number of unbranched alkanes of at least 4 members (excludes halogenated alkanes) is 4. The van der Waals surface area contributed by atoms with Crippen LogP contribution in [0.4, 0.5) is 0 Å². The Morgan fingerprint density at radius 2 is 1.60 bits per heavy atom. The molecule has 1 aromatic carbocycles. The van der Waals surface area contributed by atoms with E-state index in [1.54, 1.807) is 6.08 Å². The normalized spacial score (nSPS) is 9.33. The summed E-state index contributed by atoms with van der Waals surface area (Å²) < 4.78 is 0. The van der Waals surface area contributed by atoms with Gasteiger partial charge in [0, 0.05) is 0 Å². The SMILES string of the molecule is [CH-]=CCCCCCCc1ccccc1.[Li+]. The Morgan fingerprint density at radius 1 is 0.933 bits per heavy atom. The van der Waals surface area contributed by atoms with E-state index in [0.29, 0.717) is 0 Å². The molecule has 0 saturated carbocycles. The van der Waals surface area contributed by atoms with Crippen LogP contribution < -0.4 is 18.9 Å². The van der Waals surface area contributed by atoms with Gasteiger partial charge in [0.15, 0.2) is 0 Å². The first kappa shape index (κ1) is 14.6. The molecule has 15 heavy (non-hydrogen) atoms. The fourth-order valence-electron chi connectivity index (χ4n) is 1.59. The average molecular weight is 194 g/mol. The van der Waals surface area contributed by atoms with Crippen molar-refractivity contribution in [3.8, 4) is 0 Å². The second-order valence-electron chi connectivity index (χ2n) is 3.67. The molecular formula is C14H19Li. The second kappa shape index (κ2) is 10.1. The zero-order chi connectivity index (χ0) is 10.1. The van der Waals surface area contributed by atoms with Crippen molar-refractivity contribution >= 4 is 0 Å². The number of hydrogen-bond donors (Lipinski definition) is 0. The van der Waals surface area contributed by atoms with E-state index in [1.165, 1.54) is 37.7 Å². The molecule has 76 valence electrons. The first-order chi connectivity index (χ1) is 6.93. The topological polar surface area (TPSA) is 0 Å². The Labute approximate surface area is 106 Å². The molecule has 0 nitrogen and oxygen atoms in total. The zero-order valence-corrected chi connectivity index (χ0v) is 9.78. The molecule has 1 heteroatoms. The molecule has 0 radical (unpaired) electrons. The zero-order valence-electron chi connectivity index (χ0n) is 9.78. The van der Waals surface area contributed by atoms with Crippen LogP contribution in [-0.2, 0) is 6.42 Å². The monoisotopic (exact) mass is 194 g/mol. The van der Waals surface area contributed by atoms with Gasteiger partial charge in [0.05, 0.1) is 0 Å². The van der Waals surface area contributed by atoms with Crippen molar-refractivity contribution in [3.05, 3.63) is 48.6 Å². The van der Waals surface area contributed by atoms with Crippen LogP contribution in [0.25, 0.3) is 0 Å². The second-order valence-corrected chi connectivity index (χ2v) is 3.67. The summed E-state index contributed by atoms with van der Waals surface area (Å²) in [5.41, 5.74) is 1.46. The fraction of sp³-hybridized carbons (Fsp3) is 0.429. The van der Waals surface area contributed by atoms with Gasteiger partial charge >= 0.3 is 18.9 Å². The molecule has 1 aromatic rings. The molecule has 0 aliphatic heterocycles. The van der Waals surface area contributed by atoms with Crippen LogP contribution >= 0.6 is 0 Å². The number of aryl methyl sites for hydroxylation is 1. The Bertz CT molecular complexity index is 241. The van der Waals surface area contributed by atoms with E-state index >= 15 is 0 Å². The number of hydrogen-bond acceptors (Lipinski definition) is 0. The van der Waals surface area contributed by atoms with Gasteiger partial charge in [0.1, 0.15) is 0 Å². The van der Waals surface area contributed by atoms with E-state index in [0.717, 1.165) is 6.42 Å². The molecule has 1 rings (SSSR count). The summed E-state index contributed by atoms with van der Waals surface area (Å²) in [5.74, 6) is 0. The summed E-state index contributed by atoms with van der Waals surface area (Å²) in [4.78, 5) is 0. The van der Waals surface area contributed by atoms with Gasteiger partial charge in [-0.1, -0.05) is 56.0 Å². The van der Waals surface area contributed by atoms with E-state index in [-0.39, 0.29) is 18.9 Å². The molecule has 0 amide bonds. The van der Waals surface area contributed by atoms with E-state index in [9.17, 15) is 0 Å². The Kier molecular flexibility index (Phi) is 9.79. The standard InChI is InChI=1S/C14H19.Li/c1-2-3-4-5-6-8-11-14-12-9-7-10-13-14;/h1-2,7,9-10,12-13H,3-6,8,11H2;/q-1;+1. The van der Waals surface area contributed by atoms with E-state index < -0.39 is 0 Å². The van der Waals surface area contributed by atoms with Crippen LogP contribution in [0, 0.1) is 6.58 Å². The largest absolute Gasteiger partial charge is 1.00 e. The van der Waals surface area contributed by atoms with Gasteiger partial charge in [0.2, 0.25) is 0 Å². The summed E-state index contributed by atoms with van der Waals surface area (Å²) >= 11 is 0. The Balaban J connectivity index is 0.00000196. The quantitative estimate of drug-likeness (QED) is 0.347. The Hall–Kier alpha value is -0.443. The third-order valence-electron chi connectivity index (χ3n) is 2.43. The molecule has 0 atom stereocenters. The summed E-state index contributed by atoms with van der Waals surface area (Å²) in [5, 5.41) is 0. The first-order valence-electron chi connectivity index (χ1n) is 5.51. The van der Waals surface area contributed by atoms with Gasteiger partial charge in [-0.15, -0.1) is 0 Å². The molecular weight excluding hydrogens is 175 g/mol. The summed E-state index contributed by atoms with van der Waals surface area (Å²) in [7, 11) is 0. The molecule has 0 fully saturated rings. The van der Waals surface area contributed by atoms with Crippen molar-refractivity contribution in [1.29, 1.82) is 0 Å². The minimum Gasteiger partial charge on any atom is -0.518 e. The first-order valence-corrected chi connectivity index (χ1v) is 5.51. The van der Waals surface area contributed by atoms with Gasteiger partial charge in [-0.2, -0.15) is 0 Å². The van der Waals surface area contributed by atoms with Crippen LogP contribution in [0.15, 0.2) is 36.4 Å². The smallest absolute Gasteiger partial charge is 0.518 e. The van der Waals surface area contributed by atoms with Crippen LogP contribution in [0.2, 0.25) is 0 Å². The molecule has 0 saturated heterocycles. The van der Waals surface area contributed by atoms with Gasteiger partial charge in [-0.25, -0.2) is 0 Å². The van der Waals surface area contributed by atoms with Crippen molar-refractivity contribution in [2.75, 3.05) is 0 Å². The number of benzene rings is 1. The van der Waals surface area contributed by atoms with Crippen LogP contribution in [0.1, 0.15) is 37.7 Å². The minimum absolute atomic E-state index is 0. The molecule has 0 spiro atoms. The predicted molar refractivity (Wildman–Crippen MR) is 62.1 cm³/mol. The Morgan fingerprint density at radius 3 is 2.27 bits per heavy atom. The molecule has 0 aliphatic carbocycles. The van der Waals surface area contributed by atoms with Crippen LogP contribution in [0.3, 0.4) is 0 Å². The van der Waals surface area contributed by atoms with E-state index in [1.807, 2.05) is 0 Å². The number of allylic oxidation sites excluding steroid dienone is 1. The molecule has 0 unspecified atom stereocenters. The fourth-order valence-corrected chi connectivity index (χ4v) is 1.59. The van der Waals surface area contributed by atoms with Crippen molar-refractivity contribution in [2.45, 2.75) is 38.5 Å². The van der Waals surface area contributed by atoms with Gasteiger partial charge in [0.25, 0.3) is 0 Å². The van der Waals surface area contributed by atoms with Crippen LogP contribution in [0.5, 0.6) is 0 Å². The molecule has 0 aliphatic rings. The third-order valence-corrected chi connectivity index (χ3v) is 2.43. The maximum Gasteiger partial charge on any atom is 1.00 e. The molecule has 0 aromatic heterocycles. The maximum atomic E-state index is 5.31. The van der Waals surface area contributed by atoms with Crippen molar-refractivity contribution in [1.82, 2.24) is 0 Å². The third kappa shape index (κ3) is 7.48. The van der Waals surface area contributed by atoms with Crippen molar-refractivity contribution in [2.24, 2.45) is 0 Å². The number of rotatable bonds is 7. The molecule has 0 N–H and O–H groups in total. The predicted octanol–water partition coefficient (Wildman–Crippen LogP) is 1.17. The summed E-state index contributed by atoms with van der Waals surface area (Å²) in [6.07, 6.45) is 9.21. The molecule has 0 bridgehead atoms. The van der Waals surface area contributed by atoms with Crippen molar-refractivity contribution < 1.29 is 18.9 Å².